The Labute approximate surface area is 137 Å². The quantitative estimate of drug-likeness (QED) is 0.665. The molecule has 8 nitrogen and oxygen atoms in total. The van der Waals surface area contributed by atoms with Crippen molar-refractivity contribution in [3.05, 3.63) is 11.4 Å². The van der Waals surface area contributed by atoms with Gasteiger partial charge in [0.25, 0.3) is 0 Å². The van der Waals surface area contributed by atoms with Crippen LogP contribution in [-0.2, 0) is 28.4 Å². The molecule has 0 spiro atoms. The second-order valence-electron chi connectivity index (χ2n) is 6.42. The van der Waals surface area contributed by atoms with Crippen LogP contribution < -0.4 is 0 Å². The molecule has 1 saturated heterocycles. The summed E-state index contributed by atoms with van der Waals surface area (Å²) in [5, 5.41) is 8.14. The van der Waals surface area contributed by atoms with Gasteiger partial charge in [0.1, 0.15) is 5.69 Å². The van der Waals surface area contributed by atoms with Gasteiger partial charge < -0.3 is 9.64 Å². The summed E-state index contributed by atoms with van der Waals surface area (Å²) in [6.45, 7) is 5.15. The molecule has 0 aromatic carbocycles. The molecule has 3 rings (SSSR count). The Morgan fingerprint density at radius 1 is 1.30 bits per heavy atom. The highest BCUT2D eigenvalue weighted by molar-refractivity contribution is 7.88. The summed E-state index contributed by atoms with van der Waals surface area (Å²) in [5.74, 6) is -0.0212. The molecule has 1 aromatic heterocycles. The molecule has 0 N–H and O–H groups in total. The summed E-state index contributed by atoms with van der Waals surface area (Å²) in [5.41, 5.74) is 1.73. The Kier molecular flexibility index (Phi) is 5.00. The maximum atomic E-state index is 11.9. The van der Waals surface area contributed by atoms with Gasteiger partial charge in [0.05, 0.1) is 31.7 Å². The molecule has 0 radical (unpaired) electrons. The van der Waals surface area contributed by atoms with E-state index in [0.29, 0.717) is 26.3 Å². The van der Waals surface area contributed by atoms with Gasteiger partial charge >= 0.3 is 0 Å². The maximum absolute atomic E-state index is 11.9. The fraction of sp³-hybridized carbons (Fsp3) is 0.857. The molecule has 3 heterocycles. The molecule has 1 atom stereocenters. The minimum atomic E-state index is -3.24. The van der Waals surface area contributed by atoms with E-state index < -0.39 is 10.0 Å². The molecular weight excluding hydrogens is 318 g/mol. The molecule has 0 aliphatic carbocycles. The number of ether oxygens (including phenoxy) is 1. The number of hydrogen-bond acceptors (Lipinski definition) is 6. The lowest BCUT2D eigenvalue weighted by Gasteiger charge is -2.30. The van der Waals surface area contributed by atoms with E-state index in [0.717, 1.165) is 31.0 Å². The standard InChI is InChI=1S/C14H25N5O3S/c1-17-14-12(11-22-8-7-18-5-3-4-6-18)9-19(23(2,20)21)10-13(14)15-16-17/h12H,3-11H2,1-2H3. The number of nitrogens with zero attached hydrogens (tertiary/aromatic N) is 5. The summed E-state index contributed by atoms with van der Waals surface area (Å²) in [7, 11) is -1.40. The highest BCUT2D eigenvalue weighted by atomic mass is 32.2. The zero-order chi connectivity index (χ0) is 16.4. The number of hydrogen-bond donors (Lipinski definition) is 0. The first-order valence-corrected chi connectivity index (χ1v) is 9.93. The van der Waals surface area contributed by atoms with Crippen molar-refractivity contribution in [2.75, 3.05) is 45.6 Å². The minimum Gasteiger partial charge on any atom is -0.379 e. The highest BCUT2D eigenvalue weighted by Gasteiger charge is 2.34. The van der Waals surface area contributed by atoms with Crippen molar-refractivity contribution < 1.29 is 13.2 Å². The van der Waals surface area contributed by atoms with Crippen LogP contribution in [0.2, 0.25) is 0 Å². The monoisotopic (exact) mass is 343 g/mol. The van der Waals surface area contributed by atoms with Crippen molar-refractivity contribution in [2.24, 2.45) is 7.05 Å². The number of fused-ring (bicyclic) bond motifs is 1. The van der Waals surface area contributed by atoms with E-state index in [9.17, 15) is 8.42 Å². The maximum Gasteiger partial charge on any atom is 0.211 e. The molecule has 2 aliphatic heterocycles. The second-order valence-corrected chi connectivity index (χ2v) is 8.40. The third kappa shape index (κ3) is 3.90. The fourth-order valence-corrected chi connectivity index (χ4v) is 4.20. The summed E-state index contributed by atoms with van der Waals surface area (Å²) in [4.78, 5) is 2.40. The number of rotatable bonds is 6. The number of sulfonamides is 1. The van der Waals surface area contributed by atoms with Gasteiger partial charge in [-0.1, -0.05) is 5.21 Å². The molecule has 1 fully saturated rings. The molecule has 130 valence electrons. The van der Waals surface area contributed by atoms with Crippen LogP contribution >= 0.6 is 0 Å². The van der Waals surface area contributed by atoms with E-state index in [1.165, 1.54) is 23.4 Å². The smallest absolute Gasteiger partial charge is 0.211 e. The van der Waals surface area contributed by atoms with Crippen LogP contribution in [0.5, 0.6) is 0 Å². The Morgan fingerprint density at radius 3 is 2.74 bits per heavy atom. The first kappa shape index (κ1) is 16.8. The van der Waals surface area contributed by atoms with E-state index in [1.807, 2.05) is 7.05 Å². The van der Waals surface area contributed by atoms with Gasteiger partial charge in [-0.2, -0.15) is 4.31 Å². The average Bonchev–Trinajstić information content (AvgIpc) is 3.13. The lowest BCUT2D eigenvalue weighted by atomic mass is 10.0. The Balaban J connectivity index is 1.61. The second kappa shape index (κ2) is 6.84. The summed E-state index contributed by atoms with van der Waals surface area (Å²) in [6.07, 6.45) is 3.78. The summed E-state index contributed by atoms with van der Waals surface area (Å²) >= 11 is 0. The normalized spacial score (nSPS) is 23.3. The SMILES string of the molecule is Cn1nnc2c1C(COCCN1CCCC1)CN(S(C)(=O)=O)C2. The van der Waals surface area contributed by atoms with Gasteiger partial charge in [-0.3, -0.25) is 4.68 Å². The van der Waals surface area contributed by atoms with Gasteiger partial charge in [-0.05, 0) is 25.9 Å². The Hall–Kier alpha value is -1.03. The molecule has 9 heteroatoms. The number of aryl methyl sites for hydroxylation is 1. The van der Waals surface area contributed by atoms with E-state index in [4.69, 9.17) is 4.74 Å². The third-order valence-electron chi connectivity index (χ3n) is 4.62. The predicted molar refractivity (Wildman–Crippen MR) is 85.5 cm³/mol. The highest BCUT2D eigenvalue weighted by Crippen LogP contribution is 2.28. The van der Waals surface area contributed by atoms with Crippen molar-refractivity contribution in [1.82, 2.24) is 24.2 Å². The third-order valence-corrected chi connectivity index (χ3v) is 5.84. The molecule has 0 saturated carbocycles. The number of aromatic nitrogens is 3. The summed E-state index contributed by atoms with van der Waals surface area (Å²) < 4.78 is 32.8. The van der Waals surface area contributed by atoms with Crippen LogP contribution in [0.4, 0.5) is 0 Å². The van der Waals surface area contributed by atoms with Crippen molar-refractivity contribution in [1.29, 1.82) is 0 Å². The molecule has 2 aliphatic rings. The topological polar surface area (TPSA) is 80.6 Å². The zero-order valence-corrected chi connectivity index (χ0v) is 14.6. The van der Waals surface area contributed by atoms with Crippen LogP contribution in [0.3, 0.4) is 0 Å². The fourth-order valence-electron chi connectivity index (χ4n) is 3.39. The van der Waals surface area contributed by atoms with E-state index in [1.54, 1.807) is 4.68 Å². The molecule has 0 amide bonds. The van der Waals surface area contributed by atoms with Crippen LogP contribution in [0.1, 0.15) is 30.1 Å². The van der Waals surface area contributed by atoms with Crippen LogP contribution in [0.15, 0.2) is 0 Å². The molecule has 0 bridgehead atoms. The van der Waals surface area contributed by atoms with E-state index in [-0.39, 0.29) is 5.92 Å². The predicted octanol–water partition coefficient (Wildman–Crippen LogP) is -0.214. The summed E-state index contributed by atoms with van der Waals surface area (Å²) in [6, 6.07) is 0. The minimum absolute atomic E-state index is 0.0212. The zero-order valence-electron chi connectivity index (χ0n) is 13.8. The molecule has 23 heavy (non-hydrogen) atoms. The van der Waals surface area contributed by atoms with Crippen molar-refractivity contribution in [3.63, 3.8) is 0 Å². The van der Waals surface area contributed by atoms with Gasteiger partial charge in [0.2, 0.25) is 10.0 Å². The lowest BCUT2D eigenvalue weighted by Crippen LogP contribution is -2.39. The molecule has 1 unspecified atom stereocenters. The van der Waals surface area contributed by atoms with Crippen molar-refractivity contribution in [3.8, 4) is 0 Å². The Bertz CT molecular complexity index is 639. The number of likely N-dealkylation sites (tertiary alicyclic amines) is 1. The average molecular weight is 343 g/mol. The van der Waals surface area contributed by atoms with Gasteiger partial charge in [0.15, 0.2) is 0 Å². The first-order valence-electron chi connectivity index (χ1n) is 8.09. The van der Waals surface area contributed by atoms with Crippen molar-refractivity contribution >= 4 is 10.0 Å². The van der Waals surface area contributed by atoms with E-state index >= 15 is 0 Å². The van der Waals surface area contributed by atoms with E-state index in [2.05, 4.69) is 15.2 Å². The van der Waals surface area contributed by atoms with Crippen LogP contribution in [0.25, 0.3) is 0 Å². The van der Waals surface area contributed by atoms with Crippen molar-refractivity contribution in [2.45, 2.75) is 25.3 Å². The van der Waals surface area contributed by atoms with Crippen LogP contribution in [0, 0.1) is 0 Å². The Morgan fingerprint density at radius 2 is 2.04 bits per heavy atom. The first-order chi connectivity index (χ1) is 10.9. The van der Waals surface area contributed by atoms with Gasteiger partial charge in [0, 0.05) is 26.1 Å². The lowest BCUT2D eigenvalue weighted by molar-refractivity contribution is 0.0904. The molecule has 1 aromatic rings. The van der Waals surface area contributed by atoms with Gasteiger partial charge in [-0.25, -0.2) is 8.42 Å². The van der Waals surface area contributed by atoms with Gasteiger partial charge in [-0.15, -0.1) is 5.10 Å². The molecular formula is C14H25N5O3S. The largest absolute Gasteiger partial charge is 0.379 e. The van der Waals surface area contributed by atoms with Crippen LogP contribution in [-0.4, -0.2) is 78.3 Å².